The van der Waals surface area contributed by atoms with Crippen molar-refractivity contribution in [2.45, 2.75) is 31.8 Å². The summed E-state index contributed by atoms with van der Waals surface area (Å²) in [5.41, 5.74) is 0.375. The molecular formula is C25H26FN5O6S. The molecule has 0 bridgehead atoms. The van der Waals surface area contributed by atoms with Gasteiger partial charge in [0.05, 0.1) is 17.5 Å². The highest BCUT2D eigenvalue weighted by Crippen LogP contribution is 2.41. The fraction of sp³-hybridized carbons (Fsp3) is 0.400. The van der Waals surface area contributed by atoms with Crippen molar-refractivity contribution in [3.63, 3.8) is 0 Å². The Labute approximate surface area is 220 Å². The van der Waals surface area contributed by atoms with E-state index in [1.54, 1.807) is 23.9 Å². The Morgan fingerprint density at radius 2 is 1.87 bits per heavy atom. The van der Waals surface area contributed by atoms with Gasteiger partial charge >= 0.3 is 11.9 Å². The number of benzene rings is 1. The van der Waals surface area contributed by atoms with Crippen LogP contribution in [0.5, 0.6) is 0 Å². The van der Waals surface area contributed by atoms with Gasteiger partial charge in [0.1, 0.15) is 22.5 Å². The van der Waals surface area contributed by atoms with E-state index in [0.29, 0.717) is 55.3 Å². The summed E-state index contributed by atoms with van der Waals surface area (Å²) in [5.74, 6) is -2.87. The van der Waals surface area contributed by atoms with Crippen LogP contribution in [-0.2, 0) is 16.1 Å². The van der Waals surface area contributed by atoms with Crippen LogP contribution in [0.25, 0.3) is 10.9 Å². The van der Waals surface area contributed by atoms with Gasteiger partial charge in [0.15, 0.2) is 6.04 Å². The van der Waals surface area contributed by atoms with E-state index in [1.165, 1.54) is 22.9 Å². The molecule has 2 N–H and O–H groups in total. The number of aliphatic carboxylic acids is 1. The van der Waals surface area contributed by atoms with Gasteiger partial charge in [0.2, 0.25) is 5.43 Å². The Hall–Kier alpha value is -3.87. The van der Waals surface area contributed by atoms with E-state index in [2.05, 4.69) is 4.99 Å². The minimum absolute atomic E-state index is 0.0228. The summed E-state index contributed by atoms with van der Waals surface area (Å²) in [5, 5.41) is 18.5. The first-order valence-corrected chi connectivity index (χ1v) is 13.2. The minimum Gasteiger partial charge on any atom is -0.477 e. The fourth-order valence-corrected chi connectivity index (χ4v) is 6.34. The number of aliphatic imine (C=N–C) groups is 1. The lowest BCUT2D eigenvalue weighted by atomic mass is 10.0. The van der Waals surface area contributed by atoms with Gasteiger partial charge in [-0.1, -0.05) is 0 Å². The van der Waals surface area contributed by atoms with Crippen LogP contribution in [0, 0.1) is 5.82 Å². The number of thioether (sulfide) groups is 1. The van der Waals surface area contributed by atoms with Crippen LogP contribution in [0.3, 0.4) is 0 Å². The minimum atomic E-state index is -1.35. The van der Waals surface area contributed by atoms with E-state index in [9.17, 15) is 29.4 Å². The average molecular weight is 544 g/mol. The van der Waals surface area contributed by atoms with Gasteiger partial charge in [0, 0.05) is 50.1 Å². The number of amides is 1. The van der Waals surface area contributed by atoms with Crippen molar-refractivity contribution in [3.8, 4) is 0 Å². The highest BCUT2D eigenvalue weighted by Gasteiger charge is 2.53. The maximum Gasteiger partial charge on any atom is 0.352 e. The standard InChI is InChI=1S/C25H26FN5O6S/c1-3-29-10-15(24(34)35)21(32)14-8-16(26)18(9-17(14)29)30-6-4-28(5-7-30)12-27-19-22(33)31-20(25(36)37)13(2)11-38-23(19)31/h8-10,12,19,23H,3-7,11H2,1-2H3,(H,34,35)(H,36,37)/t19-,23-/m1/s1. The van der Waals surface area contributed by atoms with E-state index >= 15 is 4.39 Å². The van der Waals surface area contributed by atoms with Crippen LogP contribution in [0.15, 0.2) is 39.4 Å². The SMILES string of the molecule is CCn1cc(C(=O)O)c(=O)c2cc(F)c(N3CCN(C=N[C@@H]4C(=O)N5C(C(=O)O)=C(C)CS[C@H]45)CC3)cc21. The van der Waals surface area contributed by atoms with Gasteiger partial charge in [-0.05, 0) is 31.6 Å². The zero-order valence-electron chi connectivity index (χ0n) is 20.8. The number of nitrogens with zero attached hydrogens (tertiary/aromatic N) is 5. The topological polar surface area (TPSA) is 136 Å². The number of halogens is 1. The summed E-state index contributed by atoms with van der Waals surface area (Å²) in [7, 11) is 0. The Morgan fingerprint density at radius 1 is 1.16 bits per heavy atom. The summed E-state index contributed by atoms with van der Waals surface area (Å²) in [6.45, 7) is 5.89. The second-order valence-electron chi connectivity index (χ2n) is 9.36. The van der Waals surface area contributed by atoms with Crippen molar-refractivity contribution in [1.29, 1.82) is 0 Å². The molecule has 2 fully saturated rings. The van der Waals surface area contributed by atoms with Gasteiger partial charge in [-0.25, -0.2) is 14.0 Å². The molecule has 0 aliphatic carbocycles. The van der Waals surface area contributed by atoms with E-state index in [0.717, 1.165) is 6.07 Å². The third-order valence-electron chi connectivity index (χ3n) is 7.10. The number of anilines is 1. The van der Waals surface area contributed by atoms with Crippen LogP contribution in [0.4, 0.5) is 10.1 Å². The number of hydrogen-bond acceptors (Lipinski definition) is 7. The number of aryl methyl sites for hydroxylation is 1. The molecule has 3 aliphatic heterocycles. The lowest BCUT2D eigenvalue weighted by Gasteiger charge is -2.47. The molecule has 200 valence electrons. The van der Waals surface area contributed by atoms with E-state index in [1.807, 2.05) is 16.7 Å². The first-order chi connectivity index (χ1) is 18.1. The second kappa shape index (κ2) is 9.78. The first kappa shape index (κ1) is 25.8. The number of hydrogen-bond donors (Lipinski definition) is 2. The number of β-lactam (4-membered cyclic amide) rings is 1. The molecule has 0 saturated carbocycles. The first-order valence-electron chi connectivity index (χ1n) is 12.1. The van der Waals surface area contributed by atoms with Gasteiger partial charge in [0.25, 0.3) is 5.91 Å². The van der Waals surface area contributed by atoms with Crippen molar-refractivity contribution in [2.24, 2.45) is 4.99 Å². The molecule has 3 aliphatic rings. The van der Waals surface area contributed by atoms with Crippen molar-refractivity contribution in [2.75, 3.05) is 36.8 Å². The van der Waals surface area contributed by atoms with Crippen LogP contribution < -0.4 is 10.3 Å². The molecule has 2 atom stereocenters. The number of piperazine rings is 1. The predicted molar refractivity (Wildman–Crippen MR) is 140 cm³/mol. The highest BCUT2D eigenvalue weighted by molar-refractivity contribution is 8.00. The third-order valence-corrected chi connectivity index (χ3v) is 8.51. The molecular weight excluding hydrogens is 517 g/mol. The number of rotatable bonds is 6. The molecule has 2 saturated heterocycles. The molecule has 11 nitrogen and oxygen atoms in total. The smallest absolute Gasteiger partial charge is 0.352 e. The van der Waals surface area contributed by atoms with Gasteiger partial charge in [-0.2, -0.15) is 0 Å². The maximum absolute atomic E-state index is 15.1. The van der Waals surface area contributed by atoms with Crippen LogP contribution in [0.2, 0.25) is 0 Å². The number of carboxylic acid groups (broad SMARTS) is 2. The lowest BCUT2D eigenvalue weighted by Crippen LogP contribution is -2.64. The predicted octanol–water partition coefficient (Wildman–Crippen LogP) is 1.65. The summed E-state index contributed by atoms with van der Waals surface area (Å²) >= 11 is 1.49. The maximum atomic E-state index is 15.1. The van der Waals surface area contributed by atoms with E-state index in [-0.39, 0.29) is 22.4 Å². The number of fused-ring (bicyclic) bond motifs is 2. The number of aromatic nitrogens is 1. The molecule has 5 rings (SSSR count). The molecule has 2 aromatic rings. The summed E-state index contributed by atoms with van der Waals surface area (Å²) < 4.78 is 16.7. The Kier molecular flexibility index (Phi) is 6.63. The number of carboxylic acids is 2. The Morgan fingerprint density at radius 3 is 2.50 bits per heavy atom. The van der Waals surface area contributed by atoms with E-state index < -0.39 is 34.8 Å². The summed E-state index contributed by atoms with van der Waals surface area (Å²) in [6, 6.07) is 2.05. The second-order valence-corrected chi connectivity index (χ2v) is 10.5. The van der Waals surface area contributed by atoms with Crippen molar-refractivity contribution in [3.05, 3.63) is 51.2 Å². The molecule has 0 spiro atoms. The molecule has 38 heavy (non-hydrogen) atoms. The zero-order valence-corrected chi connectivity index (χ0v) is 21.6. The number of carbonyl (C=O) groups is 3. The zero-order chi connectivity index (χ0) is 27.3. The van der Waals surface area contributed by atoms with Crippen molar-refractivity contribution in [1.82, 2.24) is 14.4 Å². The number of carbonyl (C=O) groups excluding carboxylic acids is 1. The molecule has 4 heterocycles. The third kappa shape index (κ3) is 4.20. The van der Waals surface area contributed by atoms with Crippen LogP contribution in [-0.4, -0.2) is 92.1 Å². The average Bonchev–Trinajstić information content (AvgIpc) is 2.89. The molecule has 0 radical (unpaired) electrons. The van der Waals surface area contributed by atoms with Gasteiger partial charge in [-0.3, -0.25) is 19.5 Å². The quantitative estimate of drug-likeness (QED) is 0.317. The number of pyridine rings is 1. The number of aromatic carboxylic acids is 1. The summed E-state index contributed by atoms with van der Waals surface area (Å²) in [6.07, 6.45) is 2.90. The van der Waals surface area contributed by atoms with Gasteiger partial charge < -0.3 is 24.6 Å². The van der Waals surface area contributed by atoms with Crippen molar-refractivity contribution >= 4 is 52.5 Å². The Balaban J connectivity index is 1.29. The Bertz CT molecular complexity index is 1480. The van der Waals surface area contributed by atoms with Crippen LogP contribution >= 0.6 is 11.8 Å². The molecule has 1 aromatic carbocycles. The van der Waals surface area contributed by atoms with Gasteiger partial charge in [-0.15, -0.1) is 11.8 Å². The van der Waals surface area contributed by atoms with Crippen molar-refractivity contribution < 1.29 is 29.0 Å². The molecule has 1 aromatic heterocycles. The fourth-order valence-electron chi connectivity index (χ4n) is 5.06. The van der Waals surface area contributed by atoms with Crippen LogP contribution in [0.1, 0.15) is 24.2 Å². The normalized spacial score (nSPS) is 21.8. The molecule has 1 amide bonds. The molecule has 0 unspecified atom stereocenters. The monoisotopic (exact) mass is 543 g/mol. The molecule has 13 heteroatoms. The highest BCUT2D eigenvalue weighted by atomic mass is 32.2. The largest absolute Gasteiger partial charge is 0.477 e. The lowest BCUT2D eigenvalue weighted by molar-refractivity contribution is -0.147. The van der Waals surface area contributed by atoms with E-state index in [4.69, 9.17) is 0 Å². The summed E-state index contributed by atoms with van der Waals surface area (Å²) in [4.78, 5) is 57.8.